The van der Waals surface area contributed by atoms with Gasteiger partial charge in [-0.25, -0.2) is 0 Å². The summed E-state index contributed by atoms with van der Waals surface area (Å²) in [6.07, 6.45) is 50.6. The summed E-state index contributed by atoms with van der Waals surface area (Å²) in [5.41, 5.74) is 0. The molecular formula is C41H68O4. The van der Waals surface area contributed by atoms with Crippen molar-refractivity contribution in [2.75, 3.05) is 0 Å². The minimum absolute atomic E-state index is 0.146. The number of esters is 1. The first-order valence-corrected chi connectivity index (χ1v) is 18.4. The molecule has 45 heavy (non-hydrogen) atoms. The van der Waals surface area contributed by atoms with Gasteiger partial charge in [-0.3, -0.25) is 9.59 Å². The Morgan fingerprint density at radius 3 is 1.53 bits per heavy atom. The average molecular weight is 625 g/mol. The molecule has 0 aliphatic rings. The van der Waals surface area contributed by atoms with E-state index in [2.05, 4.69) is 74.6 Å². The van der Waals surface area contributed by atoms with Gasteiger partial charge in [0.15, 0.2) is 0 Å². The lowest BCUT2D eigenvalue weighted by molar-refractivity contribution is -0.147. The van der Waals surface area contributed by atoms with Gasteiger partial charge >= 0.3 is 11.9 Å². The molecule has 0 amide bonds. The summed E-state index contributed by atoms with van der Waals surface area (Å²) in [6, 6.07) is 0. The van der Waals surface area contributed by atoms with E-state index in [9.17, 15) is 9.59 Å². The van der Waals surface area contributed by atoms with E-state index in [-0.39, 0.29) is 18.5 Å². The molecule has 0 aliphatic heterocycles. The van der Waals surface area contributed by atoms with Crippen molar-refractivity contribution in [2.24, 2.45) is 0 Å². The van der Waals surface area contributed by atoms with Crippen molar-refractivity contribution in [3.05, 3.63) is 72.9 Å². The maximum atomic E-state index is 12.5. The number of carbonyl (C=O) groups is 2. The highest BCUT2D eigenvalue weighted by Gasteiger charge is 2.11. The second-order valence-corrected chi connectivity index (χ2v) is 12.0. The molecule has 0 saturated carbocycles. The third kappa shape index (κ3) is 35.7. The van der Waals surface area contributed by atoms with Crippen LogP contribution in [0.2, 0.25) is 0 Å². The summed E-state index contributed by atoms with van der Waals surface area (Å²) < 4.78 is 5.77. The molecule has 0 aromatic heterocycles. The van der Waals surface area contributed by atoms with Crippen molar-refractivity contribution in [3.8, 4) is 0 Å². The lowest BCUT2D eigenvalue weighted by atomic mass is 10.1. The summed E-state index contributed by atoms with van der Waals surface area (Å²) >= 11 is 0. The molecule has 0 radical (unpaired) electrons. The minimum atomic E-state index is -0.780. The lowest BCUT2D eigenvalue weighted by Gasteiger charge is -2.14. The highest BCUT2D eigenvalue weighted by molar-refractivity contribution is 5.69. The number of carboxylic acid groups (broad SMARTS) is 1. The predicted octanol–water partition coefficient (Wildman–Crippen LogP) is 12.7. The smallest absolute Gasteiger partial charge is 0.306 e. The topological polar surface area (TPSA) is 63.6 Å². The number of allylic oxidation sites excluding steroid dienone is 11. The van der Waals surface area contributed by atoms with Crippen molar-refractivity contribution in [1.82, 2.24) is 0 Å². The Balaban J connectivity index is 4.12. The van der Waals surface area contributed by atoms with E-state index in [1.807, 2.05) is 12.2 Å². The zero-order valence-corrected chi connectivity index (χ0v) is 29.1. The van der Waals surface area contributed by atoms with Gasteiger partial charge in [0.1, 0.15) is 6.10 Å². The van der Waals surface area contributed by atoms with Gasteiger partial charge in [-0.1, -0.05) is 138 Å². The van der Waals surface area contributed by atoms with E-state index < -0.39 is 5.97 Å². The number of unbranched alkanes of at least 4 members (excludes halogenated alkanes) is 13. The van der Waals surface area contributed by atoms with Crippen LogP contribution in [0.5, 0.6) is 0 Å². The SMILES string of the molecule is CC/C=C\C/C=C\C/C=C\C/C=C\C/C=C\C(CCCCC(=O)O)OC(=O)CCCCCCC/C=C\CCCCCCCCC. The van der Waals surface area contributed by atoms with Gasteiger partial charge in [0.05, 0.1) is 0 Å². The minimum Gasteiger partial charge on any atom is -0.481 e. The second kappa shape index (κ2) is 35.9. The maximum absolute atomic E-state index is 12.5. The Morgan fingerprint density at radius 1 is 0.533 bits per heavy atom. The number of carboxylic acids is 1. The molecule has 4 nitrogen and oxygen atoms in total. The molecule has 1 atom stereocenters. The monoisotopic (exact) mass is 625 g/mol. The van der Waals surface area contributed by atoms with Crippen molar-refractivity contribution in [3.63, 3.8) is 0 Å². The quantitative estimate of drug-likeness (QED) is 0.0459. The number of aliphatic carboxylic acids is 1. The fraction of sp³-hybridized carbons (Fsp3) is 0.659. The molecule has 256 valence electrons. The van der Waals surface area contributed by atoms with Crippen LogP contribution < -0.4 is 0 Å². The number of carbonyl (C=O) groups excluding carboxylic acids is 1. The van der Waals surface area contributed by atoms with Crippen LogP contribution in [0.15, 0.2) is 72.9 Å². The molecule has 1 N–H and O–H groups in total. The first-order valence-electron chi connectivity index (χ1n) is 18.4. The highest BCUT2D eigenvalue weighted by atomic mass is 16.5. The summed E-state index contributed by atoms with van der Waals surface area (Å²) in [7, 11) is 0. The van der Waals surface area contributed by atoms with Crippen LogP contribution in [0.1, 0.15) is 168 Å². The largest absolute Gasteiger partial charge is 0.481 e. The Hall–Kier alpha value is -2.62. The number of ether oxygens (including phenoxy) is 1. The van der Waals surface area contributed by atoms with E-state index in [1.54, 1.807) is 0 Å². The van der Waals surface area contributed by atoms with Crippen LogP contribution in [-0.4, -0.2) is 23.1 Å². The summed E-state index contributed by atoms with van der Waals surface area (Å²) in [5.74, 6) is -0.926. The van der Waals surface area contributed by atoms with Gasteiger partial charge in [-0.2, -0.15) is 0 Å². The molecule has 0 heterocycles. The molecule has 0 aliphatic carbocycles. The third-order valence-electron chi connectivity index (χ3n) is 7.65. The van der Waals surface area contributed by atoms with Crippen LogP contribution in [0, 0.1) is 0 Å². The molecule has 0 bridgehead atoms. The predicted molar refractivity (Wildman–Crippen MR) is 195 cm³/mol. The molecule has 0 aromatic carbocycles. The van der Waals surface area contributed by atoms with Gasteiger partial charge in [0.25, 0.3) is 0 Å². The van der Waals surface area contributed by atoms with Crippen molar-refractivity contribution in [2.45, 2.75) is 174 Å². The van der Waals surface area contributed by atoms with E-state index in [4.69, 9.17) is 9.84 Å². The highest BCUT2D eigenvalue weighted by Crippen LogP contribution is 2.14. The zero-order valence-electron chi connectivity index (χ0n) is 29.1. The molecule has 0 spiro atoms. The van der Waals surface area contributed by atoms with Crippen LogP contribution in [0.3, 0.4) is 0 Å². The molecule has 0 aromatic rings. The number of rotatable bonds is 32. The van der Waals surface area contributed by atoms with Crippen LogP contribution in [0.4, 0.5) is 0 Å². The summed E-state index contributed by atoms with van der Waals surface area (Å²) in [4.78, 5) is 23.3. The van der Waals surface area contributed by atoms with Crippen molar-refractivity contribution < 1.29 is 19.4 Å². The van der Waals surface area contributed by atoms with Gasteiger partial charge < -0.3 is 9.84 Å². The molecule has 0 saturated heterocycles. The average Bonchev–Trinajstić information content (AvgIpc) is 3.02. The van der Waals surface area contributed by atoms with Crippen molar-refractivity contribution >= 4 is 11.9 Å². The van der Waals surface area contributed by atoms with Crippen LogP contribution >= 0.6 is 0 Å². The first kappa shape index (κ1) is 42.4. The van der Waals surface area contributed by atoms with E-state index in [0.717, 1.165) is 64.2 Å². The van der Waals surface area contributed by atoms with E-state index >= 15 is 0 Å². The van der Waals surface area contributed by atoms with Crippen molar-refractivity contribution in [1.29, 1.82) is 0 Å². The van der Waals surface area contributed by atoms with E-state index in [0.29, 0.717) is 19.3 Å². The molecule has 1 unspecified atom stereocenters. The first-order chi connectivity index (χ1) is 22.1. The van der Waals surface area contributed by atoms with Gasteiger partial charge in [-0.05, 0) is 89.5 Å². The molecule has 0 fully saturated rings. The Labute approximate surface area is 277 Å². The Kier molecular flexibility index (Phi) is 33.8. The second-order valence-electron chi connectivity index (χ2n) is 12.0. The number of hydrogen-bond donors (Lipinski definition) is 1. The normalized spacial score (nSPS) is 13.1. The number of hydrogen-bond acceptors (Lipinski definition) is 3. The fourth-order valence-corrected chi connectivity index (χ4v) is 4.95. The standard InChI is InChI=1S/C41H68O4/c1-3-5-7-9-11-13-15-17-19-20-22-24-26-28-30-32-38-41(44)45-39(36-33-34-37-40(42)43)35-31-29-27-25-23-21-18-16-14-12-10-8-6-4-2/h6,8,12,14,18-21,25,27,31,35,39H,3-5,7,9-11,13,15-17,22-24,26,28-30,32-34,36-38H2,1-2H3,(H,42,43)/b8-6-,14-12-,20-19-,21-18-,27-25-,35-31-. The fourth-order valence-electron chi connectivity index (χ4n) is 4.95. The van der Waals surface area contributed by atoms with Gasteiger partial charge in [0, 0.05) is 12.8 Å². The lowest BCUT2D eigenvalue weighted by Crippen LogP contribution is -2.16. The third-order valence-corrected chi connectivity index (χ3v) is 7.65. The summed E-state index contributed by atoms with van der Waals surface area (Å²) in [6.45, 7) is 4.41. The van der Waals surface area contributed by atoms with E-state index in [1.165, 1.54) is 64.2 Å². The molecule has 4 heteroatoms. The zero-order chi connectivity index (χ0) is 32.9. The van der Waals surface area contributed by atoms with Crippen LogP contribution in [0.25, 0.3) is 0 Å². The maximum Gasteiger partial charge on any atom is 0.306 e. The van der Waals surface area contributed by atoms with Gasteiger partial charge in [-0.15, -0.1) is 0 Å². The van der Waals surface area contributed by atoms with Crippen LogP contribution in [-0.2, 0) is 14.3 Å². The summed E-state index contributed by atoms with van der Waals surface area (Å²) in [5, 5.41) is 8.92. The Bertz CT molecular complexity index is 846. The molecular weight excluding hydrogens is 556 g/mol. The van der Waals surface area contributed by atoms with Gasteiger partial charge in [0.2, 0.25) is 0 Å². The Morgan fingerprint density at radius 2 is 1.00 bits per heavy atom. The molecule has 0 rings (SSSR count).